The van der Waals surface area contributed by atoms with Crippen LogP contribution in [0, 0.1) is 17.2 Å². The number of nitrogens with zero attached hydrogens (tertiary/aromatic N) is 3. The molecular formula is C20H29N3O2. The van der Waals surface area contributed by atoms with Gasteiger partial charge in [0.25, 0.3) is 0 Å². The first-order valence-corrected chi connectivity index (χ1v) is 9.49. The smallest absolute Gasteiger partial charge is 0.119 e. The van der Waals surface area contributed by atoms with Gasteiger partial charge in [0.2, 0.25) is 0 Å². The zero-order valence-electron chi connectivity index (χ0n) is 15.0. The largest absolute Gasteiger partial charge is 0.494 e. The number of benzene rings is 1. The minimum atomic E-state index is 0.673. The van der Waals surface area contributed by atoms with E-state index in [1.807, 2.05) is 12.1 Å². The molecule has 0 atom stereocenters. The quantitative estimate of drug-likeness (QED) is 0.712. The summed E-state index contributed by atoms with van der Waals surface area (Å²) in [4.78, 5) is 5.13. The Morgan fingerprint density at radius 3 is 2.44 bits per heavy atom. The van der Waals surface area contributed by atoms with Crippen molar-refractivity contribution in [2.24, 2.45) is 5.92 Å². The van der Waals surface area contributed by atoms with Crippen LogP contribution in [-0.4, -0.2) is 68.9 Å². The molecule has 0 bridgehead atoms. The molecule has 5 heteroatoms. The van der Waals surface area contributed by atoms with E-state index in [0.29, 0.717) is 5.56 Å². The Morgan fingerprint density at radius 1 is 1.04 bits per heavy atom. The maximum atomic E-state index is 8.79. The van der Waals surface area contributed by atoms with E-state index in [1.165, 1.54) is 32.5 Å². The average molecular weight is 343 g/mol. The Morgan fingerprint density at radius 2 is 1.76 bits per heavy atom. The lowest BCUT2D eigenvalue weighted by Crippen LogP contribution is -2.43. The van der Waals surface area contributed by atoms with E-state index < -0.39 is 0 Å². The van der Waals surface area contributed by atoms with Gasteiger partial charge < -0.3 is 14.4 Å². The topological polar surface area (TPSA) is 48.7 Å². The molecule has 2 aliphatic rings. The molecule has 1 aromatic carbocycles. The Hall–Kier alpha value is -1.61. The molecule has 136 valence electrons. The zero-order chi connectivity index (χ0) is 17.3. The highest BCUT2D eigenvalue weighted by Crippen LogP contribution is 2.19. The molecule has 3 rings (SSSR count). The van der Waals surface area contributed by atoms with Gasteiger partial charge in [-0.1, -0.05) is 0 Å². The number of piperidine rings is 1. The molecule has 2 aliphatic heterocycles. The molecular weight excluding hydrogens is 314 g/mol. The molecule has 0 amide bonds. The molecule has 0 aromatic heterocycles. The van der Waals surface area contributed by atoms with E-state index in [2.05, 4.69) is 15.9 Å². The summed E-state index contributed by atoms with van der Waals surface area (Å²) in [5.74, 6) is 1.70. The number of ether oxygens (including phenoxy) is 2. The van der Waals surface area contributed by atoms with Crippen LogP contribution in [0.25, 0.3) is 0 Å². The van der Waals surface area contributed by atoms with Crippen molar-refractivity contribution in [2.75, 3.05) is 59.1 Å². The summed E-state index contributed by atoms with van der Waals surface area (Å²) >= 11 is 0. The highest BCUT2D eigenvalue weighted by atomic mass is 16.5. The predicted octanol–water partition coefficient (Wildman–Crippen LogP) is 2.37. The second-order valence-electron chi connectivity index (χ2n) is 7.04. The van der Waals surface area contributed by atoms with Crippen LogP contribution in [0.3, 0.4) is 0 Å². The van der Waals surface area contributed by atoms with Crippen molar-refractivity contribution < 1.29 is 9.47 Å². The van der Waals surface area contributed by atoms with Crippen molar-refractivity contribution in [3.8, 4) is 11.8 Å². The van der Waals surface area contributed by atoms with Crippen molar-refractivity contribution in [1.82, 2.24) is 9.80 Å². The number of rotatable bonds is 7. The van der Waals surface area contributed by atoms with Gasteiger partial charge in [-0.05, 0) is 62.5 Å². The minimum absolute atomic E-state index is 0.673. The van der Waals surface area contributed by atoms with Gasteiger partial charge in [-0.2, -0.15) is 5.26 Å². The van der Waals surface area contributed by atoms with Gasteiger partial charge in [0.1, 0.15) is 5.75 Å². The minimum Gasteiger partial charge on any atom is -0.494 e. The summed E-state index contributed by atoms with van der Waals surface area (Å²) in [6.07, 6.45) is 3.68. The Labute approximate surface area is 151 Å². The monoisotopic (exact) mass is 343 g/mol. The number of hydrogen-bond acceptors (Lipinski definition) is 5. The standard InChI is InChI=1S/C20H29N3O2/c21-16-18-2-4-20(5-3-18)25-13-1-8-22-9-6-19(7-10-22)17-23-11-14-24-15-12-23/h2-5,19H,1,6-15,17H2. The van der Waals surface area contributed by atoms with Crippen LogP contribution in [-0.2, 0) is 4.74 Å². The molecule has 0 aliphatic carbocycles. The summed E-state index contributed by atoms with van der Waals surface area (Å²) in [7, 11) is 0. The van der Waals surface area contributed by atoms with Crippen LogP contribution in [0.1, 0.15) is 24.8 Å². The maximum Gasteiger partial charge on any atom is 0.119 e. The average Bonchev–Trinajstić information content (AvgIpc) is 2.68. The number of likely N-dealkylation sites (tertiary alicyclic amines) is 1. The molecule has 1 aromatic rings. The van der Waals surface area contributed by atoms with Crippen molar-refractivity contribution in [3.63, 3.8) is 0 Å². The molecule has 0 unspecified atom stereocenters. The lowest BCUT2D eigenvalue weighted by molar-refractivity contribution is 0.0244. The summed E-state index contributed by atoms with van der Waals surface area (Å²) in [5.41, 5.74) is 0.673. The number of morpholine rings is 1. The van der Waals surface area contributed by atoms with Crippen molar-refractivity contribution in [1.29, 1.82) is 5.26 Å². The summed E-state index contributed by atoms with van der Waals surface area (Å²) < 4.78 is 11.2. The normalized spacial score (nSPS) is 20.3. The van der Waals surface area contributed by atoms with Gasteiger partial charge >= 0.3 is 0 Å². The second kappa shape index (κ2) is 9.76. The van der Waals surface area contributed by atoms with E-state index in [-0.39, 0.29) is 0 Å². The predicted molar refractivity (Wildman–Crippen MR) is 97.7 cm³/mol. The molecule has 25 heavy (non-hydrogen) atoms. The number of hydrogen-bond donors (Lipinski definition) is 0. The molecule has 2 heterocycles. The van der Waals surface area contributed by atoms with E-state index in [4.69, 9.17) is 14.7 Å². The molecule has 2 saturated heterocycles. The highest BCUT2D eigenvalue weighted by molar-refractivity contribution is 5.34. The van der Waals surface area contributed by atoms with Crippen LogP contribution in [0.4, 0.5) is 0 Å². The Bertz CT molecular complexity index is 541. The fourth-order valence-electron chi connectivity index (χ4n) is 3.65. The fourth-order valence-corrected chi connectivity index (χ4v) is 3.65. The van der Waals surface area contributed by atoms with Crippen LogP contribution in [0.5, 0.6) is 5.75 Å². The van der Waals surface area contributed by atoms with E-state index in [9.17, 15) is 0 Å². The zero-order valence-corrected chi connectivity index (χ0v) is 15.0. The number of nitriles is 1. The van der Waals surface area contributed by atoms with Crippen LogP contribution < -0.4 is 4.74 Å². The summed E-state index contributed by atoms with van der Waals surface area (Å²) in [6.45, 7) is 9.53. The Balaban J connectivity index is 1.27. The molecule has 0 spiro atoms. The lowest BCUT2D eigenvalue weighted by atomic mass is 9.96. The van der Waals surface area contributed by atoms with Crippen LogP contribution in [0.2, 0.25) is 0 Å². The van der Waals surface area contributed by atoms with Crippen LogP contribution >= 0.6 is 0 Å². The fraction of sp³-hybridized carbons (Fsp3) is 0.650. The third-order valence-corrected chi connectivity index (χ3v) is 5.20. The first-order chi connectivity index (χ1) is 12.3. The Kier molecular flexibility index (Phi) is 7.10. The van der Waals surface area contributed by atoms with Gasteiger partial charge in [0.15, 0.2) is 0 Å². The molecule has 0 saturated carbocycles. The molecule has 0 radical (unpaired) electrons. The van der Waals surface area contributed by atoms with Crippen molar-refractivity contribution in [2.45, 2.75) is 19.3 Å². The third kappa shape index (κ3) is 6.00. The molecule has 0 N–H and O–H groups in total. The summed E-state index contributed by atoms with van der Waals surface area (Å²) in [5, 5.41) is 8.79. The lowest BCUT2D eigenvalue weighted by Gasteiger charge is -2.36. The van der Waals surface area contributed by atoms with Gasteiger partial charge in [-0.15, -0.1) is 0 Å². The SMILES string of the molecule is N#Cc1ccc(OCCCN2CCC(CN3CCOCC3)CC2)cc1. The first-order valence-electron chi connectivity index (χ1n) is 9.49. The second-order valence-corrected chi connectivity index (χ2v) is 7.04. The van der Waals surface area contributed by atoms with Crippen LogP contribution in [0.15, 0.2) is 24.3 Å². The summed E-state index contributed by atoms with van der Waals surface area (Å²) in [6, 6.07) is 9.46. The maximum absolute atomic E-state index is 8.79. The molecule has 2 fully saturated rings. The first kappa shape index (κ1) is 18.2. The van der Waals surface area contributed by atoms with Gasteiger partial charge in [0, 0.05) is 26.2 Å². The van der Waals surface area contributed by atoms with E-state index >= 15 is 0 Å². The van der Waals surface area contributed by atoms with E-state index in [1.54, 1.807) is 12.1 Å². The van der Waals surface area contributed by atoms with Gasteiger partial charge in [0.05, 0.1) is 31.5 Å². The third-order valence-electron chi connectivity index (χ3n) is 5.20. The molecule has 5 nitrogen and oxygen atoms in total. The van der Waals surface area contributed by atoms with E-state index in [0.717, 1.165) is 57.5 Å². The highest BCUT2D eigenvalue weighted by Gasteiger charge is 2.22. The van der Waals surface area contributed by atoms with Crippen molar-refractivity contribution in [3.05, 3.63) is 29.8 Å². The van der Waals surface area contributed by atoms with Crippen molar-refractivity contribution >= 4 is 0 Å². The van der Waals surface area contributed by atoms with Gasteiger partial charge in [-0.3, -0.25) is 4.90 Å². The van der Waals surface area contributed by atoms with Gasteiger partial charge in [-0.25, -0.2) is 0 Å².